The summed E-state index contributed by atoms with van der Waals surface area (Å²) in [5.74, 6) is -1.38. The smallest absolute Gasteiger partial charge is 0.326 e. The normalized spacial score (nSPS) is 12.3. The van der Waals surface area contributed by atoms with E-state index in [4.69, 9.17) is 5.11 Å². The lowest BCUT2D eigenvalue weighted by atomic mass is 10.1. The predicted octanol–water partition coefficient (Wildman–Crippen LogP) is 2.07. The number of aliphatic carboxylic acids is 1. The number of carbonyl (C=O) groups is 2. The van der Waals surface area contributed by atoms with Gasteiger partial charge in [-0.1, -0.05) is 25.1 Å². The molecule has 0 bridgehead atoms. The van der Waals surface area contributed by atoms with Crippen LogP contribution in [-0.2, 0) is 4.79 Å². The molecule has 0 saturated heterocycles. The molecule has 1 aromatic carbocycles. The van der Waals surface area contributed by atoms with Crippen molar-refractivity contribution in [3.05, 3.63) is 35.5 Å². The first-order valence-electron chi connectivity index (χ1n) is 6.15. The lowest BCUT2D eigenvalue weighted by Gasteiger charge is -2.12. The van der Waals surface area contributed by atoms with E-state index in [1.807, 2.05) is 24.3 Å². The Balaban J connectivity index is 2.36. The van der Waals surface area contributed by atoms with Gasteiger partial charge in [0.25, 0.3) is 5.91 Å². The van der Waals surface area contributed by atoms with Crippen molar-refractivity contribution < 1.29 is 14.7 Å². The van der Waals surface area contributed by atoms with Crippen molar-refractivity contribution in [3.63, 3.8) is 0 Å². The van der Waals surface area contributed by atoms with Gasteiger partial charge < -0.3 is 15.4 Å². The third kappa shape index (κ3) is 2.45. The second-order valence-electron chi connectivity index (χ2n) is 4.44. The Hall–Kier alpha value is -2.30. The maximum absolute atomic E-state index is 12.2. The number of fused-ring (bicyclic) bond motifs is 1. The molecule has 0 saturated carbocycles. The largest absolute Gasteiger partial charge is 0.480 e. The minimum absolute atomic E-state index is 0.350. The summed E-state index contributed by atoms with van der Waals surface area (Å²) in [5, 5.41) is 12.3. The number of aromatic nitrogens is 1. The van der Waals surface area contributed by atoms with E-state index >= 15 is 0 Å². The Morgan fingerprint density at radius 3 is 2.68 bits per heavy atom. The van der Waals surface area contributed by atoms with Gasteiger partial charge >= 0.3 is 5.97 Å². The SMILES string of the molecule is CCC(NC(=O)c1c(C)[nH]c2ccccc12)C(=O)O. The molecule has 3 N–H and O–H groups in total. The van der Waals surface area contributed by atoms with Gasteiger partial charge in [0.15, 0.2) is 0 Å². The van der Waals surface area contributed by atoms with Crippen LogP contribution in [0.5, 0.6) is 0 Å². The Labute approximate surface area is 110 Å². The number of amides is 1. The molecule has 0 aliphatic rings. The van der Waals surface area contributed by atoms with Crippen molar-refractivity contribution in [2.24, 2.45) is 0 Å². The topological polar surface area (TPSA) is 82.2 Å². The van der Waals surface area contributed by atoms with Crippen LogP contribution in [0, 0.1) is 6.92 Å². The van der Waals surface area contributed by atoms with Crippen molar-refractivity contribution in [1.82, 2.24) is 10.3 Å². The van der Waals surface area contributed by atoms with Crippen LogP contribution in [0.4, 0.5) is 0 Å². The third-order valence-corrected chi connectivity index (χ3v) is 3.13. The van der Waals surface area contributed by atoms with Crippen LogP contribution in [0.3, 0.4) is 0 Å². The molecule has 2 aromatic rings. The molecule has 0 spiro atoms. The lowest BCUT2D eigenvalue weighted by Crippen LogP contribution is -2.40. The summed E-state index contributed by atoms with van der Waals surface area (Å²) in [6, 6.07) is 6.59. The first-order chi connectivity index (χ1) is 9.04. The molecule has 0 aliphatic heterocycles. The molecule has 1 atom stereocenters. The highest BCUT2D eigenvalue weighted by molar-refractivity contribution is 6.08. The molecule has 0 aliphatic carbocycles. The third-order valence-electron chi connectivity index (χ3n) is 3.13. The van der Waals surface area contributed by atoms with Crippen LogP contribution < -0.4 is 5.32 Å². The van der Waals surface area contributed by atoms with Crippen LogP contribution >= 0.6 is 0 Å². The minimum atomic E-state index is -1.02. The fourth-order valence-corrected chi connectivity index (χ4v) is 2.14. The van der Waals surface area contributed by atoms with Crippen LogP contribution in [0.1, 0.15) is 29.4 Å². The number of benzene rings is 1. The average molecular weight is 260 g/mol. The van der Waals surface area contributed by atoms with Crippen LogP contribution in [0.15, 0.2) is 24.3 Å². The summed E-state index contributed by atoms with van der Waals surface area (Å²) in [7, 11) is 0. The van der Waals surface area contributed by atoms with Gasteiger partial charge in [0, 0.05) is 16.6 Å². The zero-order valence-electron chi connectivity index (χ0n) is 10.9. The summed E-state index contributed by atoms with van der Waals surface area (Å²) < 4.78 is 0. The van der Waals surface area contributed by atoms with Gasteiger partial charge in [0.05, 0.1) is 5.56 Å². The first kappa shape index (κ1) is 13.1. The van der Waals surface area contributed by atoms with E-state index in [9.17, 15) is 9.59 Å². The highest BCUT2D eigenvalue weighted by Gasteiger charge is 2.22. The van der Waals surface area contributed by atoms with E-state index < -0.39 is 12.0 Å². The van der Waals surface area contributed by atoms with Crippen molar-refractivity contribution in [2.45, 2.75) is 26.3 Å². The summed E-state index contributed by atoms with van der Waals surface area (Å²) in [4.78, 5) is 26.3. The fraction of sp³-hybridized carbons (Fsp3) is 0.286. The molecule has 1 amide bonds. The number of aryl methyl sites for hydroxylation is 1. The molecular formula is C14H16N2O3. The molecule has 1 heterocycles. The first-order valence-corrected chi connectivity index (χ1v) is 6.15. The molecule has 1 unspecified atom stereocenters. The van der Waals surface area contributed by atoms with Crippen molar-refractivity contribution in [3.8, 4) is 0 Å². The Kier molecular flexibility index (Phi) is 3.55. The van der Waals surface area contributed by atoms with Crippen molar-refractivity contribution in [2.75, 3.05) is 0 Å². The Morgan fingerprint density at radius 1 is 1.37 bits per heavy atom. The number of H-pyrrole nitrogens is 1. The number of carbonyl (C=O) groups excluding carboxylic acids is 1. The Bertz CT molecular complexity index is 631. The van der Waals surface area contributed by atoms with Gasteiger partial charge in [0.2, 0.25) is 0 Å². The summed E-state index contributed by atoms with van der Waals surface area (Å²) in [6.07, 6.45) is 0.350. The number of rotatable bonds is 4. The fourth-order valence-electron chi connectivity index (χ4n) is 2.14. The predicted molar refractivity (Wildman–Crippen MR) is 72.2 cm³/mol. The maximum atomic E-state index is 12.2. The number of carboxylic acid groups (broad SMARTS) is 1. The molecule has 0 fully saturated rings. The van der Waals surface area contributed by atoms with Crippen molar-refractivity contribution in [1.29, 1.82) is 0 Å². The number of aromatic amines is 1. The van der Waals surface area contributed by atoms with Gasteiger partial charge in [-0.15, -0.1) is 0 Å². The van der Waals surface area contributed by atoms with E-state index in [1.54, 1.807) is 13.8 Å². The Morgan fingerprint density at radius 2 is 2.05 bits per heavy atom. The van der Waals surface area contributed by atoms with Gasteiger partial charge in [-0.05, 0) is 19.4 Å². The number of hydrogen-bond donors (Lipinski definition) is 3. The van der Waals surface area contributed by atoms with E-state index in [-0.39, 0.29) is 5.91 Å². The van der Waals surface area contributed by atoms with Gasteiger partial charge in [-0.25, -0.2) is 4.79 Å². The highest BCUT2D eigenvalue weighted by atomic mass is 16.4. The number of nitrogens with one attached hydrogen (secondary N) is 2. The van der Waals surface area contributed by atoms with Gasteiger partial charge in [-0.3, -0.25) is 4.79 Å². The second kappa shape index (κ2) is 5.14. The molecule has 0 radical (unpaired) electrons. The second-order valence-corrected chi connectivity index (χ2v) is 4.44. The van der Waals surface area contributed by atoms with Crippen molar-refractivity contribution >= 4 is 22.8 Å². The van der Waals surface area contributed by atoms with Gasteiger partial charge in [-0.2, -0.15) is 0 Å². The number of hydrogen-bond acceptors (Lipinski definition) is 2. The highest BCUT2D eigenvalue weighted by Crippen LogP contribution is 2.21. The standard InChI is InChI=1S/C14H16N2O3/c1-3-10(14(18)19)16-13(17)12-8(2)15-11-7-5-4-6-9(11)12/h4-7,10,15H,3H2,1-2H3,(H,16,17)(H,18,19). The van der Waals surface area contributed by atoms with E-state index in [2.05, 4.69) is 10.3 Å². The van der Waals surface area contributed by atoms with E-state index in [1.165, 1.54) is 0 Å². The van der Waals surface area contributed by atoms with Crippen LogP contribution in [-0.4, -0.2) is 28.0 Å². The number of carboxylic acids is 1. The van der Waals surface area contributed by atoms with Crippen LogP contribution in [0.25, 0.3) is 10.9 Å². The maximum Gasteiger partial charge on any atom is 0.326 e. The van der Waals surface area contributed by atoms with E-state index in [0.29, 0.717) is 12.0 Å². The summed E-state index contributed by atoms with van der Waals surface area (Å²) in [6.45, 7) is 3.53. The van der Waals surface area contributed by atoms with Crippen LogP contribution in [0.2, 0.25) is 0 Å². The minimum Gasteiger partial charge on any atom is -0.480 e. The molecule has 5 heteroatoms. The molecule has 1 aromatic heterocycles. The monoisotopic (exact) mass is 260 g/mol. The number of para-hydroxylation sites is 1. The average Bonchev–Trinajstić information content (AvgIpc) is 2.71. The van der Waals surface area contributed by atoms with Gasteiger partial charge in [0.1, 0.15) is 6.04 Å². The summed E-state index contributed by atoms with van der Waals surface area (Å²) >= 11 is 0. The molecular weight excluding hydrogens is 244 g/mol. The quantitative estimate of drug-likeness (QED) is 0.787. The molecule has 19 heavy (non-hydrogen) atoms. The molecule has 5 nitrogen and oxygen atoms in total. The van der Waals surface area contributed by atoms with E-state index in [0.717, 1.165) is 16.6 Å². The summed E-state index contributed by atoms with van der Waals surface area (Å²) in [5.41, 5.74) is 2.11. The zero-order chi connectivity index (χ0) is 14.0. The molecule has 100 valence electrons. The zero-order valence-corrected chi connectivity index (χ0v) is 10.9. The molecule has 2 rings (SSSR count). The lowest BCUT2D eigenvalue weighted by molar-refractivity contribution is -0.139.